The molecule has 4 aromatic rings. The van der Waals surface area contributed by atoms with Crippen molar-refractivity contribution in [1.29, 1.82) is 0 Å². The van der Waals surface area contributed by atoms with E-state index in [1.165, 1.54) is 30.3 Å². The Kier molecular flexibility index (Phi) is 18.8. The number of nitrogens with one attached hydrogen (secondary N) is 1. The van der Waals surface area contributed by atoms with Crippen LogP contribution in [0.15, 0.2) is 95.8 Å². The number of phenolic OH excluding ortho intramolecular Hbond substituents is 1. The number of benzene rings is 4. The predicted molar refractivity (Wildman–Crippen MR) is 173 cm³/mol. The Morgan fingerprint density at radius 2 is 1.22 bits per heavy atom. The van der Waals surface area contributed by atoms with Crippen LogP contribution in [0.5, 0.6) is 5.75 Å². The zero-order chi connectivity index (χ0) is 37.7. The van der Waals surface area contributed by atoms with Gasteiger partial charge in [-0.1, -0.05) is 6.07 Å². The van der Waals surface area contributed by atoms with Gasteiger partial charge < -0.3 is 19.5 Å². The summed E-state index contributed by atoms with van der Waals surface area (Å²) < 4.78 is 138. The molecule has 0 bridgehead atoms. The van der Waals surface area contributed by atoms with Gasteiger partial charge in [-0.05, 0) is 67.4 Å². The van der Waals surface area contributed by atoms with Gasteiger partial charge in [0, 0.05) is 38.7 Å². The normalized spacial score (nSPS) is 13.3. The van der Waals surface area contributed by atoms with Gasteiger partial charge in [0.15, 0.2) is 5.75 Å². The Morgan fingerprint density at radius 1 is 0.673 bits per heavy atom. The van der Waals surface area contributed by atoms with Crippen LogP contribution in [0.3, 0.4) is 0 Å². The first-order valence-electron chi connectivity index (χ1n) is 13.8. The Balaban J connectivity index is 0.00000378. The minimum Gasteiger partial charge on any atom is -0.744 e. The van der Waals surface area contributed by atoms with Crippen LogP contribution in [0.25, 0.3) is 21.4 Å². The van der Waals surface area contributed by atoms with Crippen LogP contribution in [0, 0.1) is 0 Å². The molecule has 0 aromatic heterocycles. The number of nitrogens with zero attached hydrogens (tertiary/aromatic N) is 4. The Labute approximate surface area is 402 Å². The van der Waals surface area contributed by atoms with Crippen molar-refractivity contribution in [2.24, 2.45) is 20.5 Å². The molecule has 55 heavy (non-hydrogen) atoms. The number of hydrogen-bond acceptors (Lipinski definition) is 16. The summed E-state index contributed by atoms with van der Waals surface area (Å²) in [5.41, 5.74) is -1.17. The van der Waals surface area contributed by atoms with Crippen LogP contribution in [-0.2, 0) is 45.3 Å². The maximum Gasteiger partial charge on any atom is 1.00 e. The Hall–Kier alpha value is -1.01. The molecule has 268 valence electrons. The number of phenols is 1. The van der Waals surface area contributed by atoms with Crippen LogP contribution < -0.4 is 134 Å². The minimum absolute atomic E-state index is 0. The summed E-state index contributed by atoms with van der Waals surface area (Å²) in [6.07, 6.45) is -0.785. The second kappa shape index (κ2) is 19.8. The summed E-state index contributed by atoms with van der Waals surface area (Å²) in [7, 11) is -20.1. The summed E-state index contributed by atoms with van der Waals surface area (Å²) in [5.74, 6) is -1.78. The van der Waals surface area contributed by atoms with Gasteiger partial charge in [0.2, 0.25) is 5.91 Å². The Morgan fingerprint density at radius 3 is 1.73 bits per heavy atom. The van der Waals surface area contributed by atoms with Crippen molar-refractivity contribution in [3.8, 4) is 5.75 Å². The van der Waals surface area contributed by atoms with Gasteiger partial charge in [-0.3, -0.25) is 13.9 Å². The minimum atomic E-state index is -5.34. The molecule has 1 aliphatic rings. The third-order valence-electron chi connectivity index (χ3n) is 7.25. The molecule has 1 aliphatic carbocycles. The summed E-state index contributed by atoms with van der Waals surface area (Å²) in [6.45, 7) is 1.09. The van der Waals surface area contributed by atoms with E-state index in [0.29, 0.717) is 6.07 Å². The number of carbonyl (C=O) groups excluding carboxylic acids is 1. The van der Waals surface area contributed by atoms with Gasteiger partial charge >= 0.3 is 118 Å². The molecule has 0 aliphatic heterocycles. The van der Waals surface area contributed by atoms with Crippen LogP contribution in [0.1, 0.15) is 19.8 Å². The van der Waals surface area contributed by atoms with Crippen molar-refractivity contribution >= 4 is 90.5 Å². The number of carbonyl (C=O) groups is 1. The van der Waals surface area contributed by atoms with Crippen molar-refractivity contribution in [1.82, 2.24) is 5.32 Å². The number of fused-ring (bicyclic) bond motifs is 2. The molecule has 1 amide bonds. The van der Waals surface area contributed by atoms with E-state index in [0.717, 1.165) is 31.2 Å². The van der Waals surface area contributed by atoms with Gasteiger partial charge in [0.1, 0.15) is 30.8 Å². The first kappa shape index (κ1) is 52.0. The second-order valence-corrected chi connectivity index (χ2v) is 16.2. The Bertz CT molecular complexity index is 2820. The summed E-state index contributed by atoms with van der Waals surface area (Å²) in [6, 6.07) is 10.6. The van der Waals surface area contributed by atoms with Gasteiger partial charge in [0.05, 0.1) is 26.9 Å². The molecule has 0 saturated carbocycles. The smallest absolute Gasteiger partial charge is 0.744 e. The fourth-order valence-electron chi connectivity index (χ4n) is 5.07. The summed E-state index contributed by atoms with van der Waals surface area (Å²) >= 11 is 0. The number of rotatable bonds is 9. The molecular weight excluding hydrogens is 851 g/mol. The van der Waals surface area contributed by atoms with Gasteiger partial charge in [-0.2, -0.15) is 21.9 Å². The molecule has 19 nitrogen and oxygen atoms in total. The zero-order valence-electron chi connectivity index (χ0n) is 29.4. The first-order valence-corrected chi connectivity index (χ1v) is 19.5. The third kappa shape index (κ3) is 12.3. The number of hydrogen-bond donors (Lipinski definition) is 4. The number of azo groups is 2. The van der Waals surface area contributed by atoms with Crippen LogP contribution in [0.4, 0.5) is 22.7 Å². The van der Waals surface area contributed by atoms with Gasteiger partial charge in [0.25, 0.3) is 20.2 Å². The fraction of sp³-hybridized carbons (Fsp3) is 0.107. The van der Waals surface area contributed by atoms with Crippen LogP contribution in [-0.4, -0.2) is 62.9 Å². The van der Waals surface area contributed by atoms with Crippen molar-refractivity contribution in [3.05, 3.63) is 71.1 Å². The molecule has 0 unspecified atom stereocenters. The second-order valence-electron chi connectivity index (χ2n) is 10.6. The zero-order valence-corrected chi connectivity index (χ0v) is 40.7. The molecule has 0 atom stereocenters. The number of amides is 1. The molecule has 5 rings (SSSR count). The average Bonchev–Trinajstić information content (AvgIpc) is 3.01. The van der Waals surface area contributed by atoms with E-state index in [1.807, 2.05) is 0 Å². The average molecular weight is 872 g/mol. The van der Waals surface area contributed by atoms with Crippen LogP contribution in [0.2, 0.25) is 0 Å². The molecular formula is C28H21N5Na4O14S4+2. The van der Waals surface area contributed by atoms with Crippen molar-refractivity contribution in [2.45, 2.75) is 34.5 Å². The summed E-state index contributed by atoms with van der Waals surface area (Å²) in [5, 5.41) is 28.2. The van der Waals surface area contributed by atoms with E-state index < -0.39 is 94.3 Å². The quantitative estimate of drug-likeness (QED) is 0.0690. The molecule has 0 fully saturated rings. The molecule has 0 spiro atoms. The number of aromatic hydroxyl groups is 1. The first-order chi connectivity index (χ1) is 23.6. The molecule has 4 aromatic carbocycles. The largest absolute Gasteiger partial charge is 1.00 e. The topological polar surface area (TPSA) is 322 Å². The maximum atomic E-state index is 12.5. The SMILES string of the molecule is CC(=O)NC1=c2c(O)c(N=Nc3ccc(N=Nc4ccc(S(=O)(=O)O)cc4)c4ccc(S(=O)(=O)[O-])cc34)c(S(=O)(=O)O)cc2=C(S(=O)(=O)[O-])CC1.[Na+].[Na+].[Na+].[Na+]. The molecule has 27 heteroatoms. The molecule has 0 radical (unpaired) electrons. The fourth-order valence-corrected chi connectivity index (χ4v) is 7.48. The third-order valence-corrected chi connectivity index (χ3v) is 10.8. The standard InChI is InChI=1S/C28H23N5O14S4.4Na/c1-14(34)29-23-10-11-24(50(42,43)44)20-13-25(51(45,46)47)27(28(35)26(20)23)33-32-22-9-8-21(18-7-6-17(12-19(18)22)49(39,40)41)31-30-15-2-4-16(5-3-15)48(36,37)38;;;;/h2-9,12-13,35H,10-11H2,1H3,(H,29,34)(H,36,37,38)(H,39,40,41)(H,42,43,44)(H,45,46,47);;;;/q;4*+1/p-2. The molecule has 0 saturated heterocycles. The van der Waals surface area contributed by atoms with Crippen molar-refractivity contribution < 1.29 is 180 Å². The van der Waals surface area contributed by atoms with E-state index in [-0.39, 0.29) is 158 Å². The van der Waals surface area contributed by atoms with E-state index in [2.05, 4.69) is 25.8 Å². The van der Waals surface area contributed by atoms with Crippen molar-refractivity contribution in [3.63, 3.8) is 0 Å². The van der Waals surface area contributed by atoms with Gasteiger partial charge in [-0.25, -0.2) is 16.8 Å². The van der Waals surface area contributed by atoms with E-state index in [9.17, 15) is 57.2 Å². The molecule has 0 heterocycles. The van der Waals surface area contributed by atoms with Gasteiger partial charge in [-0.15, -0.1) is 15.3 Å². The summed E-state index contributed by atoms with van der Waals surface area (Å²) in [4.78, 5) is 8.70. The predicted octanol–water partition coefficient (Wildman–Crippen LogP) is -9.52. The van der Waals surface area contributed by atoms with Crippen molar-refractivity contribution in [2.75, 3.05) is 0 Å². The maximum absolute atomic E-state index is 12.5. The van der Waals surface area contributed by atoms with Crippen LogP contribution >= 0.6 is 0 Å². The monoisotopic (exact) mass is 871 g/mol. The van der Waals surface area contributed by atoms with E-state index in [4.69, 9.17) is 4.55 Å². The van der Waals surface area contributed by atoms with E-state index >= 15 is 0 Å². The van der Waals surface area contributed by atoms with E-state index in [1.54, 1.807) is 0 Å². The molecule has 4 N–H and O–H groups in total.